The van der Waals surface area contributed by atoms with Gasteiger partial charge in [-0.1, -0.05) is 67.6 Å². The summed E-state index contributed by atoms with van der Waals surface area (Å²) in [5.41, 5.74) is 2.95. The Bertz CT molecular complexity index is 1040. The van der Waals surface area contributed by atoms with Crippen molar-refractivity contribution >= 4 is 35.3 Å². The van der Waals surface area contributed by atoms with Crippen molar-refractivity contribution in [1.82, 2.24) is 10.2 Å². The molecular formula is C28H35N3O2S. The number of aryl methyl sites for hydroxylation is 1. The second-order valence-electron chi connectivity index (χ2n) is 9.79. The van der Waals surface area contributed by atoms with Crippen LogP contribution in [0.3, 0.4) is 0 Å². The molecule has 1 saturated heterocycles. The zero-order chi connectivity index (χ0) is 24.1. The molecule has 0 aliphatic carbocycles. The Labute approximate surface area is 207 Å². The first-order chi connectivity index (χ1) is 16.4. The van der Waals surface area contributed by atoms with Crippen molar-refractivity contribution in [1.29, 1.82) is 0 Å². The zero-order valence-electron chi connectivity index (χ0n) is 20.4. The lowest BCUT2D eigenvalue weighted by molar-refractivity contribution is -0.122. The molecule has 2 aromatic rings. The van der Waals surface area contributed by atoms with Gasteiger partial charge >= 0.3 is 0 Å². The minimum Gasteiger partial charge on any atom is -0.355 e. The summed E-state index contributed by atoms with van der Waals surface area (Å²) in [6, 6.07) is 15.9. The molecule has 2 atom stereocenters. The molecule has 0 spiro atoms. The molecule has 0 saturated carbocycles. The van der Waals surface area contributed by atoms with E-state index in [4.69, 9.17) is 0 Å². The fourth-order valence-corrected chi connectivity index (χ4v) is 6.00. The van der Waals surface area contributed by atoms with Crippen LogP contribution >= 0.6 is 11.8 Å². The van der Waals surface area contributed by atoms with E-state index in [2.05, 4.69) is 24.1 Å². The molecule has 1 N–H and O–H groups in total. The molecule has 2 aliphatic rings. The highest BCUT2D eigenvalue weighted by molar-refractivity contribution is 8.04. The second kappa shape index (κ2) is 11.2. The maximum Gasteiger partial charge on any atom is 0.265 e. The van der Waals surface area contributed by atoms with E-state index in [-0.39, 0.29) is 18.4 Å². The summed E-state index contributed by atoms with van der Waals surface area (Å²) < 4.78 is 0. The number of amides is 2. The monoisotopic (exact) mass is 477 g/mol. The topological polar surface area (TPSA) is 52.7 Å². The number of hydrogen-bond acceptors (Lipinski definition) is 4. The van der Waals surface area contributed by atoms with Crippen molar-refractivity contribution in [2.45, 2.75) is 38.5 Å². The largest absolute Gasteiger partial charge is 0.355 e. The standard InChI is InChI=1S/C28H35N3O2S/c1-20-9-11-23(12-10-20)16-26-28(33)31(24-7-4-5-8-25(24)34-26)19-27(32)29-13-6-14-30-17-21(2)15-22(3)18-30/h4-5,7-12,16,21-22H,6,13-15,17-19H2,1-3H3,(H,29,32). The first-order valence-corrected chi connectivity index (χ1v) is 13.1. The Morgan fingerprint density at radius 1 is 1.09 bits per heavy atom. The number of carbonyl (C=O) groups is 2. The molecule has 1 fully saturated rings. The maximum atomic E-state index is 13.3. The number of piperidine rings is 1. The highest BCUT2D eigenvalue weighted by atomic mass is 32.2. The maximum absolute atomic E-state index is 13.3. The predicted molar refractivity (Wildman–Crippen MR) is 141 cm³/mol. The molecule has 2 amide bonds. The van der Waals surface area contributed by atoms with Gasteiger partial charge in [0.1, 0.15) is 6.54 Å². The van der Waals surface area contributed by atoms with Crippen LogP contribution in [0.25, 0.3) is 6.08 Å². The van der Waals surface area contributed by atoms with Gasteiger partial charge < -0.3 is 10.2 Å². The van der Waals surface area contributed by atoms with Gasteiger partial charge in [0, 0.05) is 24.5 Å². The van der Waals surface area contributed by atoms with E-state index < -0.39 is 0 Å². The van der Waals surface area contributed by atoms with E-state index in [1.807, 2.05) is 61.5 Å². The van der Waals surface area contributed by atoms with E-state index in [9.17, 15) is 9.59 Å². The Morgan fingerprint density at radius 2 is 1.79 bits per heavy atom. The second-order valence-corrected chi connectivity index (χ2v) is 10.9. The minimum atomic E-state index is -0.129. The number of para-hydroxylation sites is 1. The number of rotatable bonds is 7. The third-order valence-electron chi connectivity index (χ3n) is 6.43. The molecule has 4 rings (SSSR count). The highest BCUT2D eigenvalue weighted by Crippen LogP contribution is 2.41. The van der Waals surface area contributed by atoms with Crippen molar-refractivity contribution in [3.63, 3.8) is 0 Å². The lowest BCUT2D eigenvalue weighted by atomic mass is 9.92. The van der Waals surface area contributed by atoms with Gasteiger partial charge in [-0.2, -0.15) is 0 Å². The zero-order valence-corrected chi connectivity index (χ0v) is 21.2. The van der Waals surface area contributed by atoms with Crippen LogP contribution in [0, 0.1) is 18.8 Å². The average molecular weight is 478 g/mol. The molecule has 180 valence electrons. The fourth-order valence-electron chi connectivity index (χ4n) is 4.94. The first kappa shape index (κ1) is 24.6. The predicted octanol–water partition coefficient (Wildman–Crippen LogP) is 4.96. The van der Waals surface area contributed by atoms with Crippen LogP contribution < -0.4 is 10.2 Å². The summed E-state index contributed by atoms with van der Waals surface area (Å²) in [4.78, 5) is 31.9. The van der Waals surface area contributed by atoms with E-state index >= 15 is 0 Å². The number of thioether (sulfide) groups is 1. The smallest absolute Gasteiger partial charge is 0.265 e. The highest BCUT2D eigenvalue weighted by Gasteiger charge is 2.30. The Kier molecular flexibility index (Phi) is 8.11. The molecule has 0 aromatic heterocycles. The normalized spacial score (nSPS) is 22.0. The van der Waals surface area contributed by atoms with Gasteiger partial charge in [0.25, 0.3) is 5.91 Å². The number of hydrogen-bond donors (Lipinski definition) is 1. The summed E-state index contributed by atoms with van der Waals surface area (Å²) in [6.45, 7) is 10.6. The van der Waals surface area contributed by atoms with Crippen LogP contribution in [0.15, 0.2) is 58.3 Å². The molecule has 0 bridgehead atoms. The van der Waals surface area contributed by atoms with Crippen molar-refractivity contribution < 1.29 is 9.59 Å². The van der Waals surface area contributed by atoms with Crippen LogP contribution in [-0.2, 0) is 9.59 Å². The lowest BCUT2D eigenvalue weighted by Gasteiger charge is -2.35. The van der Waals surface area contributed by atoms with Crippen LogP contribution in [0.4, 0.5) is 5.69 Å². The number of nitrogens with one attached hydrogen (secondary N) is 1. The Balaban J connectivity index is 1.37. The van der Waals surface area contributed by atoms with Gasteiger partial charge in [0.15, 0.2) is 0 Å². The van der Waals surface area contributed by atoms with E-state index in [1.165, 1.54) is 23.7 Å². The number of benzene rings is 2. The van der Waals surface area contributed by atoms with Crippen molar-refractivity contribution in [3.8, 4) is 0 Å². The van der Waals surface area contributed by atoms with Gasteiger partial charge in [-0.15, -0.1) is 0 Å². The first-order valence-electron chi connectivity index (χ1n) is 12.2. The summed E-state index contributed by atoms with van der Waals surface area (Å²) in [5, 5.41) is 3.03. The third kappa shape index (κ3) is 6.30. The molecule has 0 radical (unpaired) electrons. The third-order valence-corrected chi connectivity index (χ3v) is 7.50. The fraction of sp³-hybridized carbons (Fsp3) is 0.429. The van der Waals surface area contributed by atoms with Crippen LogP contribution in [0.5, 0.6) is 0 Å². The van der Waals surface area contributed by atoms with E-state index in [0.29, 0.717) is 11.4 Å². The Morgan fingerprint density at radius 3 is 2.53 bits per heavy atom. The van der Waals surface area contributed by atoms with Gasteiger partial charge in [0.2, 0.25) is 5.91 Å². The molecule has 2 aromatic carbocycles. The number of fused-ring (bicyclic) bond motifs is 1. The lowest BCUT2D eigenvalue weighted by Crippen LogP contribution is -2.43. The Hall–Kier alpha value is -2.57. The van der Waals surface area contributed by atoms with E-state index in [1.54, 1.807) is 4.90 Å². The molecule has 2 aliphatic heterocycles. The molecular weight excluding hydrogens is 442 g/mol. The number of nitrogens with zero attached hydrogens (tertiary/aromatic N) is 2. The van der Waals surface area contributed by atoms with Gasteiger partial charge in [-0.25, -0.2) is 0 Å². The quantitative estimate of drug-likeness (QED) is 0.452. The number of anilines is 1. The molecule has 34 heavy (non-hydrogen) atoms. The van der Waals surface area contributed by atoms with Crippen molar-refractivity contribution in [2.24, 2.45) is 11.8 Å². The van der Waals surface area contributed by atoms with Crippen LogP contribution in [0.1, 0.15) is 37.8 Å². The molecule has 6 heteroatoms. The SMILES string of the molecule is Cc1ccc(C=C2Sc3ccccc3N(CC(=O)NCCCN3CC(C)CC(C)C3)C2=O)cc1. The van der Waals surface area contributed by atoms with Crippen molar-refractivity contribution in [2.75, 3.05) is 37.6 Å². The average Bonchev–Trinajstić information content (AvgIpc) is 2.80. The van der Waals surface area contributed by atoms with Gasteiger partial charge in [0.05, 0.1) is 10.6 Å². The van der Waals surface area contributed by atoms with Crippen LogP contribution in [0.2, 0.25) is 0 Å². The summed E-state index contributed by atoms with van der Waals surface area (Å²) in [6.07, 6.45) is 4.13. The van der Waals surface area contributed by atoms with Gasteiger partial charge in [-0.05, 0) is 61.9 Å². The molecule has 2 heterocycles. The molecule has 5 nitrogen and oxygen atoms in total. The summed E-state index contributed by atoms with van der Waals surface area (Å²) in [5.74, 6) is 1.23. The minimum absolute atomic E-state index is 0.0272. The summed E-state index contributed by atoms with van der Waals surface area (Å²) in [7, 11) is 0. The van der Waals surface area contributed by atoms with Crippen LogP contribution in [-0.4, -0.2) is 49.4 Å². The van der Waals surface area contributed by atoms with E-state index in [0.717, 1.165) is 54.0 Å². The summed E-state index contributed by atoms with van der Waals surface area (Å²) >= 11 is 1.47. The van der Waals surface area contributed by atoms with Crippen molar-refractivity contribution in [3.05, 3.63) is 64.6 Å². The number of likely N-dealkylation sites (tertiary alicyclic amines) is 1. The number of carbonyl (C=O) groups excluding carboxylic acids is 2. The molecule has 2 unspecified atom stereocenters. The van der Waals surface area contributed by atoms with Gasteiger partial charge in [-0.3, -0.25) is 14.5 Å².